The van der Waals surface area contributed by atoms with Gasteiger partial charge in [-0.15, -0.1) is 0 Å². The van der Waals surface area contributed by atoms with E-state index in [-0.39, 0.29) is 18.5 Å². The summed E-state index contributed by atoms with van der Waals surface area (Å²) < 4.78 is 4.82. The smallest absolute Gasteiger partial charge is 0.328 e. The summed E-state index contributed by atoms with van der Waals surface area (Å²) in [4.78, 5) is 26.7. The Hall–Kier alpha value is -1.57. The number of ether oxygens (including phenoxy) is 1. The van der Waals surface area contributed by atoms with Crippen LogP contribution in [0.3, 0.4) is 0 Å². The van der Waals surface area contributed by atoms with E-state index >= 15 is 0 Å². The van der Waals surface area contributed by atoms with Gasteiger partial charge in [-0.3, -0.25) is 9.69 Å². The molecule has 1 rings (SSSR count). The van der Waals surface area contributed by atoms with Crippen molar-refractivity contribution in [1.29, 1.82) is 0 Å². The van der Waals surface area contributed by atoms with E-state index in [4.69, 9.17) is 10.5 Å². The number of benzene rings is 1. The molecule has 0 saturated heterocycles. The van der Waals surface area contributed by atoms with Crippen molar-refractivity contribution in [2.45, 2.75) is 45.3 Å². The lowest BCUT2D eigenvalue weighted by molar-refractivity contribution is -0.145. The van der Waals surface area contributed by atoms with E-state index in [0.717, 1.165) is 17.7 Å². The lowest BCUT2D eigenvalue weighted by atomic mass is 9.99. The zero-order chi connectivity index (χ0) is 20.9. The van der Waals surface area contributed by atoms with E-state index in [1.54, 1.807) is 11.8 Å². The van der Waals surface area contributed by atoms with Crippen LogP contribution in [0.5, 0.6) is 0 Å². The van der Waals surface area contributed by atoms with Crippen LogP contribution < -0.4 is 11.1 Å². The number of hydrogen-bond donors (Lipinski definition) is 2. The number of rotatable bonds is 13. The highest BCUT2D eigenvalue weighted by Crippen LogP contribution is 2.11. The molecule has 0 aliphatic rings. The van der Waals surface area contributed by atoms with Crippen LogP contribution in [0.25, 0.3) is 0 Å². The molecule has 3 N–H and O–H groups in total. The van der Waals surface area contributed by atoms with Crippen LogP contribution >= 0.6 is 11.8 Å². The van der Waals surface area contributed by atoms with Gasteiger partial charge in [0.2, 0.25) is 5.91 Å². The molecule has 1 aromatic carbocycles. The van der Waals surface area contributed by atoms with Crippen LogP contribution in [0.1, 0.15) is 32.3 Å². The van der Waals surface area contributed by atoms with Gasteiger partial charge in [0.25, 0.3) is 0 Å². The number of nitrogens with zero attached hydrogens (tertiary/aromatic N) is 1. The number of methoxy groups -OCH3 is 1. The SMILES string of the molecule is CCC(C)C(N)CN(CC(=O)NC(CCSC)C(=O)OC)Cc1ccccc1. The van der Waals surface area contributed by atoms with Crippen LogP contribution in [0.2, 0.25) is 0 Å². The van der Waals surface area contributed by atoms with E-state index in [2.05, 4.69) is 19.2 Å². The first-order valence-electron chi connectivity index (χ1n) is 9.79. The molecular weight excluding hydrogens is 374 g/mol. The predicted octanol–water partition coefficient (Wildman–Crippen LogP) is 2.27. The van der Waals surface area contributed by atoms with Gasteiger partial charge in [0.1, 0.15) is 6.04 Å². The molecule has 0 aliphatic heterocycles. The third kappa shape index (κ3) is 9.08. The van der Waals surface area contributed by atoms with Crippen molar-refractivity contribution < 1.29 is 14.3 Å². The maximum atomic E-state index is 12.7. The largest absolute Gasteiger partial charge is 0.467 e. The number of nitrogens with two attached hydrogens (primary N) is 1. The summed E-state index contributed by atoms with van der Waals surface area (Å²) in [6.45, 7) is 5.68. The Kier molecular flexibility index (Phi) is 11.9. The molecule has 7 heteroatoms. The van der Waals surface area contributed by atoms with Gasteiger partial charge in [-0.25, -0.2) is 4.79 Å². The fourth-order valence-corrected chi connectivity index (χ4v) is 3.35. The second kappa shape index (κ2) is 13.6. The number of amides is 1. The molecule has 0 fully saturated rings. The number of thioether (sulfide) groups is 1. The normalized spacial score (nSPS) is 14.4. The average molecular weight is 410 g/mol. The van der Waals surface area contributed by atoms with Gasteiger partial charge in [-0.1, -0.05) is 50.6 Å². The summed E-state index contributed by atoms with van der Waals surface area (Å²) in [5.74, 6) is 0.537. The van der Waals surface area contributed by atoms with Crippen LogP contribution in [0.15, 0.2) is 30.3 Å². The number of hydrogen-bond acceptors (Lipinski definition) is 6. The number of esters is 1. The fraction of sp³-hybridized carbons (Fsp3) is 0.619. The molecule has 0 saturated carbocycles. The van der Waals surface area contributed by atoms with Gasteiger partial charge in [-0.05, 0) is 29.9 Å². The number of carbonyl (C=O) groups excluding carboxylic acids is 2. The Balaban J connectivity index is 2.78. The zero-order valence-corrected chi connectivity index (χ0v) is 18.3. The van der Waals surface area contributed by atoms with Crippen LogP contribution in [-0.2, 0) is 20.9 Å². The second-order valence-electron chi connectivity index (χ2n) is 7.13. The molecule has 1 amide bonds. The van der Waals surface area contributed by atoms with E-state index in [1.165, 1.54) is 7.11 Å². The maximum absolute atomic E-state index is 12.7. The topological polar surface area (TPSA) is 84.7 Å². The zero-order valence-electron chi connectivity index (χ0n) is 17.5. The Morgan fingerprint density at radius 1 is 1.29 bits per heavy atom. The fourth-order valence-electron chi connectivity index (χ4n) is 2.88. The summed E-state index contributed by atoms with van der Waals surface area (Å²) in [6.07, 6.45) is 3.50. The molecule has 28 heavy (non-hydrogen) atoms. The van der Waals surface area contributed by atoms with Gasteiger partial charge in [0.05, 0.1) is 13.7 Å². The molecule has 0 spiro atoms. The van der Waals surface area contributed by atoms with E-state index in [0.29, 0.717) is 25.4 Å². The Labute approximate surface area is 173 Å². The molecule has 1 aromatic rings. The van der Waals surface area contributed by atoms with Gasteiger partial charge in [0.15, 0.2) is 0 Å². The van der Waals surface area contributed by atoms with Crippen molar-refractivity contribution in [2.75, 3.05) is 32.2 Å². The molecule has 0 aliphatic carbocycles. The Morgan fingerprint density at radius 2 is 1.96 bits per heavy atom. The molecule has 3 atom stereocenters. The van der Waals surface area contributed by atoms with E-state index in [9.17, 15) is 9.59 Å². The van der Waals surface area contributed by atoms with Crippen LogP contribution in [-0.4, -0.2) is 61.1 Å². The van der Waals surface area contributed by atoms with Crippen molar-refractivity contribution in [1.82, 2.24) is 10.2 Å². The van der Waals surface area contributed by atoms with Crippen LogP contribution in [0.4, 0.5) is 0 Å². The number of nitrogens with one attached hydrogen (secondary N) is 1. The lowest BCUT2D eigenvalue weighted by Gasteiger charge is -2.28. The van der Waals surface area contributed by atoms with Gasteiger partial charge >= 0.3 is 5.97 Å². The molecule has 6 nitrogen and oxygen atoms in total. The Morgan fingerprint density at radius 3 is 2.54 bits per heavy atom. The second-order valence-corrected chi connectivity index (χ2v) is 8.11. The predicted molar refractivity (Wildman–Crippen MR) is 116 cm³/mol. The quantitative estimate of drug-likeness (QED) is 0.486. The summed E-state index contributed by atoms with van der Waals surface area (Å²) in [7, 11) is 1.34. The summed E-state index contributed by atoms with van der Waals surface area (Å²) >= 11 is 1.63. The minimum atomic E-state index is -0.619. The average Bonchev–Trinajstić information content (AvgIpc) is 2.70. The minimum absolute atomic E-state index is 0.0191. The monoisotopic (exact) mass is 409 g/mol. The standard InChI is InChI=1S/C21H35N3O3S/c1-5-16(2)18(22)14-24(13-17-9-7-6-8-10-17)15-20(25)23-19(11-12-28-4)21(26)27-3/h6-10,16,18-19H,5,11-15,22H2,1-4H3,(H,23,25). The third-order valence-electron chi connectivity index (χ3n) is 4.89. The van der Waals surface area contributed by atoms with Crippen LogP contribution in [0, 0.1) is 5.92 Å². The van der Waals surface area contributed by atoms with Gasteiger partial charge in [0, 0.05) is 19.1 Å². The lowest BCUT2D eigenvalue weighted by Crippen LogP contribution is -2.49. The van der Waals surface area contributed by atoms with E-state index < -0.39 is 12.0 Å². The van der Waals surface area contributed by atoms with Gasteiger partial charge < -0.3 is 15.8 Å². The Bertz CT molecular complexity index is 586. The molecule has 158 valence electrons. The highest BCUT2D eigenvalue weighted by atomic mass is 32.2. The van der Waals surface area contributed by atoms with Crippen molar-refractivity contribution >= 4 is 23.6 Å². The molecular formula is C21H35N3O3S. The first-order chi connectivity index (χ1) is 13.4. The van der Waals surface area contributed by atoms with E-state index in [1.807, 2.05) is 41.5 Å². The molecule has 3 unspecified atom stereocenters. The third-order valence-corrected chi connectivity index (χ3v) is 5.54. The van der Waals surface area contributed by atoms with Crippen molar-refractivity contribution in [3.8, 4) is 0 Å². The summed E-state index contributed by atoms with van der Waals surface area (Å²) in [5.41, 5.74) is 7.47. The molecule has 0 radical (unpaired) electrons. The molecule has 0 heterocycles. The highest BCUT2D eigenvalue weighted by Gasteiger charge is 2.23. The molecule has 0 bridgehead atoms. The minimum Gasteiger partial charge on any atom is -0.467 e. The van der Waals surface area contributed by atoms with Crippen molar-refractivity contribution in [2.24, 2.45) is 11.7 Å². The number of carbonyl (C=O) groups is 2. The summed E-state index contributed by atoms with van der Waals surface area (Å²) in [6, 6.07) is 9.37. The highest BCUT2D eigenvalue weighted by molar-refractivity contribution is 7.98. The summed E-state index contributed by atoms with van der Waals surface area (Å²) in [5, 5.41) is 2.83. The van der Waals surface area contributed by atoms with Crippen molar-refractivity contribution in [3.63, 3.8) is 0 Å². The maximum Gasteiger partial charge on any atom is 0.328 e. The molecule has 0 aromatic heterocycles. The first-order valence-corrected chi connectivity index (χ1v) is 11.2. The first kappa shape index (κ1) is 24.5. The van der Waals surface area contributed by atoms with Crippen molar-refractivity contribution in [3.05, 3.63) is 35.9 Å². The van der Waals surface area contributed by atoms with Gasteiger partial charge in [-0.2, -0.15) is 11.8 Å².